The number of ether oxygens (including phenoxy) is 2. The Kier molecular flexibility index (Phi) is 9.15. The molecule has 6 heteroatoms. The van der Waals surface area contributed by atoms with Crippen LogP contribution < -0.4 is 5.73 Å². The van der Waals surface area contributed by atoms with Crippen molar-refractivity contribution in [2.75, 3.05) is 47.1 Å². The summed E-state index contributed by atoms with van der Waals surface area (Å²) in [4.78, 5) is 1.92. The fourth-order valence-electron chi connectivity index (χ4n) is 1.02. The van der Waals surface area contributed by atoms with Crippen LogP contribution in [0.4, 0.5) is 0 Å². The maximum Gasteiger partial charge on any atom is 0.153 e. The highest BCUT2D eigenvalue weighted by Crippen LogP contribution is 1.86. The molecule has 3 N–H and O–H groups in total. The van der Waals surface area contributed by atoms with Crippen LogP contribution in [0.25, 0.3) is 0 Å². The second-order valence-corrected chi connectivity index (χ2v) is 3.29. The Hall–Kier alpha value is -0.850. The Labute approximate surface area is 90.6 Å². The molecule has 0 aliphatic carbocycles. The molecule has 0 spiro atoms. The molecule has 0 saturated carbocycles. The van der Waals surface area contributed by atoms with Crippen LogP contribution in [0.5, 0.6) is 0 Å². The number of rotatable bonds is 9. The first kappa shape index (κ1) is 14.2. The van der Waals surface area contributed by atoms with E-state index in [0.29, 0.717) is 19.8 Å². The van der Waals surface area contributed by atoms with Crippen molar-refractivity contribution in [3.63, 3.8) is 0 Å². The van der Waals surface area contributed by atoms with Gasteiger partial charge in [-0.2, -0.15) is 0 Å². The predicted octanol–water partition coefficient (Wildman–Crippen LogP) is -0.282. The molecule has 0 amide bonds. The lowest BCUT2D eigenvalue weighted by Gasteiger charge is -2.15. The van der Waals surface area contributed by atoms with Gasteiger partial charge in [-0.25, -0.2) is 0 Å². The molecular formula is C9H21N3O3. The Morgan fingerprint density at radius 2 is 2.13 bits per heavy atom. The van der Waals surface area contributed by atoms with E-state index < -0.39 is 0 Å². The van der Waals surface area contributed by atoms with Crippen LogP contribution in [0.3, 0.4) is 0 Å². The zero-order valence-electron chi connectivity index (χ0n) is 9.48. The van der Waals surface area contributed by atoms with Gasteiger partial charge in [0.1, 0.15) is 0 Å². The maximum atomic E-state index is 8.34. The molecule has 0 fully saturated rings. The van der Waals surface area contributed by atoms with Crippen LogP contribution in [0, 0.1) is 0 Å². The number of nitrogens with two attached hydrogens (primary N) is 1. The third-order valence-corrected chi connectivity index (χ3v) is 1.81. The van der Waals surface area contributed by atoms with E-state index in [-0.39, 0.29) is 5.84 Å². The van der Waals surface area contributed by atoms with E-state index in [0.717, 1.165) is 19.6 Å². The van der Waals surface area contributed by atoms with E-state index in [4.69, 9.17) is 20.4 Å². The number of oxime groups is 1. The van der Waals surface area contributed by atoms with Crippen LogP contribution in [0.15, 0.2) is 5.16 Å². The van der Waals surface area contributed by atoms with Gasteiger partial charge in [0.05, 0.1) is 13.2 Å². The van der Waals surface area contributed by atoms with Gasteiger partial charge in [-0.1, -0.05) is 5.16 Å². The first-order chi connectivity index (χ1) is 7.20. The van der Waals surface area contributed by atoms with Crippen LogP contribution in [-0.2, 0) is 9.47 Å². The van der Waals surface area contributed by atoms with Crippen LogP contribution in [-0.4, -0.2) is 63.0 Å². The second-order valence-electron chi connectivity index (χ2n) is 3.29. The number of methoxy groups -OCH3 is 1. The summed E-state index contributed by atoms with van der Waals surface area (Å²) in [7, 11) is 3.56. The molecular weight excluding hydrogens is 198 g/mol. The van der Waals surface area contributed by atoms with Gasteiger partial charge in [0.2, 0.25) is 0 Å². The Balaban J connectivity index is 3.27. The van der Waals surface area contributed by atoms with Gasteiger partial charge in [-0.05, 0) is 13.5 Å². The summed E-state index contributed by atoms with van der Waals surface area (Å²) in [6, 6.07) is 0. The minimum atomic E-state index is 0.205. The summed E-state index contributed by atoms with van der Waals surface area (Å²) in [5, 5.41) is 11.2. The fraction of sp³-hybridized carbons (Fsp3) is 0.889. The number of hydrogen-bond acceptors (Lipinski definition) is 5. The van der Waals surface area contributed by atoms with E-state index >= 15 is 0 Å². The smallest absolute Gasteiger partial charge is 0.153 e. The molecule has 0 aliphatic rings. The van der Waals surface area contributed by atoms with Gasteiger partial charge in [0, 0.05) is 26.9 Å². The predicted molar refractivity (Wildman–Crippen MR) is 58.2 cm³/mol. The van der Waals surface area contributed by atoms with Crippen molar-refractivity contribution in [2.24, 2.45) is 10.9 Å². The second kappa shape index (κ2) is 9.70. The van der Waals surface area contributed by atoms with Gasteiger partial charge in [0.25, 0.3) is 0 Å². The normalized spacial score (nSPS) is 12.3. The van der Waals surface area contributed by atoms with Crippen molar-refractivity contribution in [1.29, 1.82) is 0 Å². The number of hydrogen-bond donors (Lipinski definition) is 2. The molecule has 0 aromatic rings. The Morgan fingerprint density at radius 3 is 2.73 bits per heavy atom. The number of amidine groups is 1. The lowest BCUT2D eigenvalue weighted by Crippen LogP contribution is -2.33. The molecule has 6 nitrogen and oxygen atoms in total. The van der Waals surface area contributed by atoms with Crippen LogP contribution in [0.1, 0.15) is 6.42 Å². The fourth-order valence-corrected chi connectivity index (χ4v) is 1.02. The van der Waals surface area contributed by atoms with Gasteiger partial charge >= 0.3 is 0 Å². The van der Waals surface area contributed by atoms with Crippen molar-refractivity contribution in [1.82, 2.24) is 4.90 Å². The minimum Gasteiger partial charge on any atom is -0.409 e. The molecule has 0 unspecified atom stereocenters. The molecule has 0 rings (SSSR count). The first-order valence-corrected chi connectivity index (χ1v) is 4.92. The summed E-state index contributed by atoms with van der Waals surface area (Å²) >= 11 is 0. The lowest BCUT2D eigenvalue weighted by atomic mass is 10.5. The van der Waals surface area contributed by atoms with E-state index in [2.05, 4.69) is 5.16 Å². The molecule has 0 aromatic carbocycles. The molecule has 0 radical (unpaired) electrons. The third kappa shape index (κ3) is 9.45. The molecule has 0 heterocycles. The lowest BCUT2D eigenvalue weighted by molar-refractivity contribution is 0.0910. The zero-order chi connectivity index (χ0) is 11.5. The molecule has 0 aliphatic heterocycles. The molecule has 90 valence electrons. The standard InChI is InChI=1S/C9H21N3O3/c1-12(8-9(10)11-13)4-7-15-6-3-5-14-2/h13H,3-8H2,1-2H3,(H2,10,11). The third-order valence-electron chi connectivity index (χ3n) is 1.81. The summed E-state index contributed by atoms with van der Waals surface area (Å²) in [5.74, 6) is 0.205. The van der Waals surface area contributed by atoms with Crippen LogP contribution in [0.2, 0.25) is 0 Å². The van der Waals surface area contributed by atoms with Gasteiger partial charge in [-0.15, -0.1) is 0 Å². The van der Waals surface area contributed by atoms with Crippen molar-refractivity contribution in [2.45, 2.75) is 6.42 Å². The van der Waals surface area contributed by atoms with Crippen molar-refractivity contribution in [3.8, 4) is 0 Å². The van der Waals surface area contributed by atoms with Gasteiger partial charge in [0.15, 0.2) is 5.84 Å². The molecule has 15 heavy (non-hydrogen) atoms. The topological polar surface area (TPSA) is 80.3 Å². The highest BCUT2D eigenvalue weighted by molar-refractivity contribution is 5.81. The van der Waals surface area contributed by atoms with E-state index in [9.17, 15) is 0 Å². The minimum absolute atomic E-state index is 0.205. The monoisotopic (exact) mass is 219 g/mol. The highest BCUT2D eigenvalue weighted by Gasteiger charge is 2.00. The molecule has 0 aromatic heterocycles. The number of nitrogens with zero attached hydrogens (tertiary/aromatic N) is 2. The quantitative estimate of drug-likeness (QED) is 0.183. The first-order valence-electron chi connectivity index (χ1n) is 4.92. The average Bonchev–Trinajstić information content (AvgIpc) is 2.23. The SMILES string of the molecule is COCCCOCCN(C)CC(N)=NO. The maximum absolute atomic E-state index is 8.34. The van der Waals surface area contributed by atoms with Crippen LogP contribution >= 0.6 is 0 Å². The Morgan fingerprint density at radius 1 is 1.40 bits per heavy atom. The number of likely N-dealkylation sites (N-methyl/N-ethyl adjacent to an activating group) is 1. The highest BCUT2D eigenvalue weighted by atomic mass is 16.5. The zero-order valence-corrected chi connectivity index (χ0v) is 9.48. The van der Waals surface area contributed by atoms with Crippen molar-refractivity contribution >= 4 is 5.84 Å². The summed E-state index contributed by atoms with van der Waals surface area (Å²) in [5.41, 5.74) is 5.34. The molecule has 0 saturated heterocycles. The molecule has 0 bridgehead atoms. The average molecular weight is 219 g/mol. The van der Waals surface area contributed by atoms with Crippen molar-refractivity contribution < 1.29 is 14.7 Å². The van der Waals surface area contributed by atoms with Gasteiger partial charge in [-0.3, -0.25) is 4.90 Å². The Bertz CT molecular complexity index is 176. The van der Waals surface area contributed by atoms with Crippen molar-refractivity contribution in [3.05, 3.63) is 0 Å². The van der Waals surface area contributed by atoms with E-state index in [1.807, 2.05) is 11.9 Å². The van der Waals surface area contributed by atoms with E-state index in [1.165, 1.54) is 0 Å². The van der Waals surface area contributed by atoms with E-state index in [1.54, 1.807) is 7.11 Å². The largest absolute Gasteiger partial charge is 0.409 e. The summed E-state index contributed by atoms with van der Waals surface area (Å²) in [6.07, 6.45) is 0.903. The summed E-state index contributed by atoms with van der Waals surface area (Å²) < 4.78 is 10.2. The van der Waals surface area contributed by atoms with Gasteiger partial charge < -0.3 is 20.4 Å². The molecule has 0 atom stereocenters. The summed E-state index contributed by atoms with van der Waals surface area (Å²) in [6.45, 7) is 3.26.